The fraction of sp³-hybridized carbons (Fsp3) is 0.917. The zero-order chi connectivity index (χ0) is 14.9. The molecule has 0 bridgehead atoms. The fourth-order valence-corrected chi connectivity index (χ4v) is 4.28. The molecule has 1 N–H and O–H groups in total. The number of hydrogen-bond donors (Lipinski definition) is 1. The topological polar surface area (TPSA) is 80.7 Å². The summed E-state index contributed by atoms with van der Waals surface area (Å²) < 4.78 is 59.8. The molecule has 8 heteroatoms. The number of halogens is 2. The quantitative estimate of drug-likeness (QED) is 0.631. The number of ether oxygens (including phenoxy) is 1. The van der Waals surface area contributed by atoms with Gasteiger partial charge in [-0.25, -0.2) is 4.79 Å². The van der Waals surface area contributed by atoms with Crippen LogP contribution in [0.4, 0.5) is 8.78 Å². The molecule has 3 saturated carbocycles. The Hall–Kier alpha value is -0.760. The van der Waals surface area contributed by atoms with Crippen molar-refractivity contribution in [2.24, 2.45) is 29.1 Å². The molecule has 0 aromatic rings. The lowest BCUT2D eigenvalue weighted by Gasteiger charge is -2.28. The van der Waals surface area contributed by atoms with Gasteiger partial charge in [0.05, 0.1) is 6.61 Å². The van der Waals surface area contributed by atoms with Gasteiger partial charge in [0.2, 0.25) is 0 Å². The molecule has 0 radical (unpaired) electrons. The summed E-state index contributed by atoms with van der Waals surface area (Å²) in [6.07, 6.45) is 3.24. The Labute approximate surface area is 115 Å². The molecule has 0 aromatic heterocycles. The Morgan fingerprint density at radius 2 is 2.10 bits per heavy atom. The van der Waals surface area contributed by atoms with Gasteiger partial charge in [0.1, 0.15) is 0 Å². The van der Waals surface area contributed by atoms with Crippen LogP contribution in [0.25, 0.3) is 0 Å². The van der Waals surface area contributed by atoms with Crippen molar-refractivity contribution in [2.45, 2.75) is 31.4 Å². The lowest BCUT2D eigenvalue weighted by atomic mass is 9.81. The summed E-state index contributed by atoms with van der Waals surface area (Å²) in [5.74, 6) is -0.776. The standard InChI is InChI=1S/C12H16F2O5S/c1-6-2-7-3-11(7)4-9(11)8(6)5-19-10(15)12(13,14)20(16,17)18/h6-9H,2-5H2,1H3,(H,16,17,18). The monoisotopic (exact) mass is 310 g/mol. The molecular weight excluding hydrogens is 294 g/mol. The first-order valence-corrected chi connectivity index (χ1v) is 8.05. The van der Waals surface area contributed by atoms with E-state index in [1.807, 2.05) is 6.92 Å². The normalized spacial score (nSPS) is 42.4. The van der Waals surface area contributed by atoms with Crippen LogP contribution in [0.2, 0.25) is 0 Å². The molecule has 5 atom stereocenters. The van der Waals surface area contributed by atoms with Crippen molar-refractivity contribution in [3.63, 3.8) is 0 Å². The average Bonchev–Trinajstić information content (AvgIpc) is 3.17. The molecule has 5 unspecified atom stereocenters. The van der Waals surface area contributed by atoms with Crippen LogP contribution in [0.5, 0.6) is 0 Å². The zero-order valence-corrected chi connectivity index (χ0v) is 11.7. The van der Waals surface area contributed by atoms with Crippen LogP contribution in [-0.4, -0.2) is 30.8 Å². The molecule has 5 nitrogen and oxygen atoms in total. The highest BCUT2D eigenvalue weighted by atomic mass is 32.2. The molecular formula is C12H16F2O5S. The van der Waals surface area contributed by atoms with Gasteiger partial charge < -0.3 is 4.74 Å². The predicted molar refractivity (Wildman–Crippen MR) is 63.4 cm³/mol. The summed E-state index contributed by atoms with van der Waals surface area (Å²) in [5.41, 5.74) is 0.370. The van der Waals surface area contributed by atoms with Gasteiger partial charge in [0.25, 0.3) is 0 Å². The highest BCUT2D eigenvalue weighted by Crippen LogP contribution is 2.81. The van der Waals surface area contributed by atoms with E-state index in [4.69, 9.17) is 4.55 Å². The van der Waals surface area contributed by atoms with Crippen molar-refractivity contribution >= 4 is 16.1 Å². The Balaban J connectivity index is 1.61. The summed E-state index contributed by atoms with van der Waals surface area (Å²) in [6.45, 7) is 1.80. The molecule has 0 saturated heterocycles. The van der Waals surface area contributed by atoms with Crippen molar-refractivity contribution in [1.82, 2.24) is 0 Å². The van der Waals surface area contributed by atoms with E-state index in [1.165, 1.54) is 6.42 Å². The van der Waals surface area contributed by atoms with Crippen LogP contribution < -0.4 is 0 Å². The predicted octanol–water partition coefficient (Wildman–Crippen LogP) is 1.69. The Kier molecular flexibility index (Phi) is 2.77. The van der Waals surface area contributed by atoms with Gasteiger partial charge >= 0.3 is 21.3 Å². The third-order valence-corrected chi connectivity index (χ3v) is 6.14. The third-order valence-electron chi connectivity index (χ3n) is 5.33. The molecule has 0 aliphatic heterocycles. The molecule has 0 amide bonds. The molecule has 114 valence electrons. The van der Waals surface area contributed by atoms with E-state index in [9.17, 15) is 22.0 Å². The van der Waals surface area contributed by atoms with Gasteiger partial charge in [-0.1, -0.05) is 6.92 Å². The number of carbonyl (C=O) groups excluding carboxylic acids is 1. The van der Waals surface area contributed by atoms with Gasteiger partial charge in [-0.3, -0.25) is 4.55 Å². The molecule has 20 heavy (non-hydrogen) atoms. The zero-order valence-electron chi connectivity index (χ0n) is 10.9. The van der Waals surface area contributed by atoms with E-state index >= 15 is 0 Å². The van der Waals surface area contributed by atoms with E-state index in [0.717, 1.165) is 18.8 Å². The van der Waals surface area contributed by atoms with Crippen molar-refractivity contribution in [3.05, 3.63) is 0 Å². The van der Waals surface area contributed by atoms with Crippen LogP contribution in [0.1, 0.15) is 26.2 Å². The molecule has 0 aromatic carbocycles. The minimum absolute atomic E-state index is 0.00916. The molecule has 3 aliphatic rings. The summed E-state index contributed by atoms with van der Waals surface area (Å²) in [4.78, 5) is 11.2. The van der Waals surface area contributed by atoms with Gasteiger partial charge in [-0.05, 0) is 48.3 Å². The smallest absolute Gasteiger partial charge is 0.460 e. The van der Waals surface area contributed by atoms with E-state index < -0.39 is 21.3 Å². The van der Waals surface area contributed by atoms with Crippen molar-refractivity contribution in [1.29, 1.82) is 0 Å². The van der Waals surface area contributed by atoms with E-state index in [2.05, 4.69) is 4.74 Å². The van der Waals surface area contributed by atoms with Crippen LogP contribution in [0.15, 0.2) is 0 Å². The van der Waals surface area contributed by atoms with Crippen molar-refractivity contribution in [2.75, 3.05) is 6.61 Å². The molecule has 3 rings (SSSR count). The highest BCUT2D eigenvalue weighted by Gasteiger charge is 2.74. The summed E-state index contributed by atoms with van der Waals surface area (Å²) in [7, 11) is -5.78. The molecule has 3 fully saturated rings. The van der Waals surface area contributed by atoms with Gasteiger partial charge in [0.15, 0.2) is 0 Å². The first kappa shape index (κ1) is 14.2. The minimum Gasteiger partial charge on any atom is -0.460 e. The lowest BCUT2D eigenvalue weighted by Crippen LogP contribution is -2.40. The van der Waals surface area contributed by atoms with Gasteiger partial charge in [-0.15, -0.1) is 0 Å². The average molecular weight is 310 g/mol. The number of carbonyl (C=O) groups is 1. The van der Waals surface area contributed by atoms with E-state index in [0.29, 0.717) is 11.3 Å². The van der Waals surface area contributed by atoms with Crippen molar-refractivity contribution in [3.8, 4) is 0 Å². The second kappa shape index (κ2) is 3.91. The number of esters is 1. The van der Waals surface area contributed by atoms with E-state index in [-0.39, 0.29) is 18.4 Å². The van der Waals surface area contributed by atoms with Crippen molar-refractivity contribution < 1.29 is 31.3 Å². The largest absolute Gasteiger partial charge is 0.465 e. The molecule has 0 heterocycles. The lowest BCUT2D eigenvalue weighted by molar-refractivity contribution is -0.164. The minimum atomic E-state index is -5.78. The fourth-order valence-electron chi connectivity index (χ4n) is 4.01. The Morgan fingerprint density at radius 1 is 1.45 bits per heavy atom. The molecule has 3 aliphatic carbocycles. The second-order valence-electron chi connectivity index (χ2n) is 6.41. The van der Waals surface area contributed by atoms with Gasteiger partial charge in [-0.2, -0.15) is 17.2 Å². The number of rotatable bonds is 4. The van der Waals surface area contributed by atoms with Crippen LogP contribution in [0, 0.1) is 29.1 Å². The van der Waals surface area contributed by atoms with Gasteiger partial charge in [0, 0.05) is 0 Å². The maximum Gasteiger partial charge on any atom is 0.465 e. The summed E-state index contributed by atoms with van der Waals surface area (Å²) in [6, 6.07) is 0. The third kappa shape index (κ3) is 1.88. The SMILES string of the molecule is CC1CC2CC23CC3C1COC(=O)C(F)(F)S(=O)(=O)O. The van der Waals surface area contributed by atoms with Crippen LogP contribution in [0.3, 0.4) is 0 Å². The first-order chi connectivity index (χ1) is 9.09. The Bertz CT molecular complexity index is 560. The highest BCUT2D eigenvalue weighted by molar-refractivity contribution is 7.87. The molecule has 1 spiro atoms. The maximum atomic E-state index is 13.1. The van der Waals surface area contributed by atoms with Crippen LogP contribution in [-0.2, 0) is 19.6 Å². The van der Waals surface area contributed by atoms with E-state index in [1.54, 1.807) is 0 Å². The summed E-state index contributed by atoms with van der Waals surface area (Å²) >= 11 is 0. The second-order valence-corrected chi connectivity index (χ2v) is 7.87. The summed E-state index contributed by atoms with van der Waals surface area (Å²) in [5, 5.41) is -4.89. The maximum absolute atomic E-state index is 13.1. The first-order valence-electron chi connectivity index (χ1n) is 6.61. The number of alkyl halides is 2. The Morgan fingerprint density at radius 3 is 2.70 bits per heavy atom. The number of hydrogen-bond acceptors (Lipinski definition) is 4. The van der Waals surface area contributed by atoms with Crippen LogP contribution >= 0.6 is 0 Å².